The summed E-state index contributed by atoms with van der Waals surface area (Å²) >= 11 is 2.91. The van der Waals surface area contributed by atoms with Gasteiger partial charge in [-0.25, -0.2) is 14.8 Å². The summed E-state index contributed by atoms with van der Waals surface area (Å²) in [6.07, 6.45) is 1.50. The second-order valence-electron chi connectivity index (χ2n) is 4.06. The van der Waals surface area contributed by atoms with Crippen molar-refractivity contribution in [2.75, 3.05) is 12.8 Å². The second-order valence-corrected chi connectivity index (χ2v) is 6.23. The van der Waals surface area contributed by atoms with E-state index in [0.717, 1.165) is 20.8 Å². The van der Waals surface area contributed by atoms with Crippen molar-refractivity contribution in [3.05, 3.63) is 16.8 Å². The van der Waals surface area contributed by atoms with Crippen molar-refractivity contribution in [2.45, 2.75) is 18.9 Å². The van der Waals surface area contributed by atoms with E-state index in [-0.39, 0.29) is 11.7 Å². The maximum atomic E-state index is 11.6. The molecule has 2 aromatic heterocycles. The number of carbonyl (C=O) groups excluding carboxylic acids is 2. The summed E-state index contributed by atoms with van der Waals surface area (Å²) in [5.41, 5.74) is 1.14. The van der Waals surface area contributed by atoms with Gasteiger partial charge in [0.25, 0.3) is 0 Å². The monoisotopic (exact) mass is 310 g/mol. The predicted octanol–water partition coefficient (Wildman–Crippen LogP) is 1.86. The van der Waals surface area contributed by atoms with Gasteiger partial charge in [0.15, 0.2) is 0 Å². The van der Waals surface area contributed by atoms with Crippen molar-refractivity contribution in [1.29, 1.82) is 0 Å². The van der Waals surface area contributed by atoms with E-state index in [9.17, 15) is 9.59 Å². The number of thioether (sulfide) groups is 1. The van der Waals surface area contributed by atoms with Gasteiger partial charge in [-0.2, -0.15) is 0 Å². The van der Waals surface area contributed by atoms with E-state index in [4.69, 9.17) is 0 Å². The van der Waals surface area contributed by atoms with Crippen LogP contribution in [0.3, 0.4) is 0 Å². The lowest BCUT2D eigenvalue weighted by molar-refractivity contribution is -0.117. The fraction of sp³-hybridized carbons (Fsp3) is 0.333. The minimum absolute atomic E-state index is 0.133. The zero-order chi connectivity index (χ0) is 14.7. The Labute approximate surface area is 124 Å². The fourth-order valence-electron chi connectivity index (χ4n) is 1.62. The summed E-state index contributed by atoms with van der Waals surface area (Å²) in [7, 11) is 1.46. The first-order valence-corrected chi connectivity index (χ1v) is 7.68. The van der Waals surface area contributed by atoms with Crippen LogP contribution in [0.2, 0.25) is 0 Å². The topological polar surface area (TPSA) is 84.0 Å². The standard InChI is InChI=1S/C12H14N4O2S2/c1-6-7(2)20-11-9(6)10(14-5-15-11)19-4-8(17)16-12(18)13-3/h5H,4H2,1-3H3,(H2,13,16,17,18). The summed E-state index contributed by atoms with van der Waals surface area (Å²) in [6.45, 7) is 4.06. The second kappa shape index (κ2) is 6.19. The highest BCUT2D eigenvalue weighted by Crippen LogP contribution is 2.34. The Balaban J connectivity index is 2.14. The molecule has 2 aromatic rings. The lowest BCUT2D eigenvalue weighted by atomic mass is 10.2. The summed E-state index contributed by atoms with van der Waals surface area (Å²) < 4.78 is 0. The molecule has 0 atom stereocenters. The molecule has 0 aliphatic heterocycles. The minimum atomic E-state index is -0.508. The Morgan fingerprint density at radius 2 is 2.10 bits per heavy atom. The van der Waals surface area contributed by atoms with Crippen LogP contribution in [-0.2, 0) is 4.79 Å². The normalized spacial score (nSPS) is 10.6. The molecule has 0 fully saturated rings. The summed E-state index contributed by atoms with van der Waals surface area (Å²) in [5.74, 6) is -0.223. The number of urea groups is 1. The maximum absolute atomic E-state index is 11.6. The van der Waals surface area contributed by atoms with Crippen LogP contribution >= 0.6 is 23.1 Å². The number of aryl methyl sites for hydroxylation is 2. The molecule has 106 valence electrons. The molecule has 0 aliphatic carbocycles. The average Bonchev–Trinajstić information content (AvgIpc) is 2.72. The van der Waals surface area contributed by atoms with E-state index < -0.39 is 6.03 Å². The zero-order valence-corrected chi connectivity index (χ0v) is 12.9. The molecule has 0 aromatic carbocycles. The first kappa shape index (κ1) is 14.7. The molecule has 2 heterocycles. The van der Waals surface area contributed by atoms with Gasteiger partial charge in [0.05, 0.1) is 5.75 Å². The molecule has 0 aliphatic rings. The number of amides is 3. The zero-order valence-electron chi connectivity index (χ0n) is 11.3. The number of rotatable bonds is 3. The Morgan fingerprint density at radius 3 is 2.80 bits per heavy atom. The number of hydrogen-bond acceptors (Lipinski definition) is 6. The Kier molecular flexibility index (Phi) is 4.56. The van der Waals surface area contributed by atoms with Gasteiger partial charge in [-0.1, -0.05) is 11.8 Å². The largest absolute Gasteiger partial charge is 0.341 e. The number of nitrogens with zero attached hydrogens (tertiary/aromatic N) is 2. The number of thiophene rings is 1. The van der Waals surface area contributed by atoms with Gasteiger partial charge < -0.3 is 5.32 Å². The van der Waals surface area contributed by atoms with E-state index in [1.165, 1.54) is 30.0 Å². The third kappa shape index (κ3) is 3.07. The van der Waals surface area contributed by atoms with Crippen LogP contribution in [0, 0.1) is 13.8 Å². The molecule has 2 N–H and O–H groups in total. The molecule has 0 bridgehead atoms. The van der Waals surface area contributed by atoms with Gasteiger partial charge in [-0.3, -0.25) is 10.1 Å². The molecule has 3 amide bonds. The number of fused-ring (bicyclic) bond motifs is 1. The molecule has 0 unspecified atom stereocenters. The highest BCUT2D eigenvalue weighted by atomic mass is 32.2. The van der Waals surface area contributed by atoms with E-state index in [1.807, 2.05) is 13.8 Å². The highest BCUT2D eigenvalue weighted by molar-refractivity contribution is 8.00. The van der Waals surface area contributed by atoms with Crippen LogP contribution in [0.1, 0.15) is 10.4 Å². The van der Waals surface area contributed by atoms with E-state index in [2.05, 4.69) is 20.6 Å². The average molecular weight is 310 g/mol. The highest BCUT2D eigenvalue weighted by Gasteiger charge is 2.14. The number of hydrogen-bond donors (Lipinski definition) is 2. The number of aromatic nitrogens is 2. The molecule has 20 heavy (non-hydrogen) atoms. The minimum Gasteiger partial charge on any atom is -0.341 e. The predicted molar refractivity (Wildman–Crippen MR) is 80.2 cm³/mol. The van der Waals surface area contributed by atoms with Gasteiger partial charge in [0.1, 0.15) is 16.2 Å². The van der Waals surface area contributed by atoms with Crippen LogP contribution in [0.5, 0.6) is 0 Å². The molecular formula is C12H14N4O2S2. The van der Waals surface area contributed by atoms with E-state index >= 15 is 0 Å². The van der Waals surface area contributed by atoms with Crippen molar-refractivity contribution in [3.8, 4) is 0 Å². The number of carbonyl (C=O) groups is 2. The molecule has 0 radical (unpaired) electrons. The van der Waals surface area contributed by atoms with Gasteiger partial charge in [0.2, 0.25) is 5.91 Å². The smallest absolute Gasteiger partial charge is 0.321 e. The lowest BCUT2D eigenvalue weighted by Gasteiger charge is -2.04. The molecule has 0 spiro atoms. The molecule has 8 heteroatoms. The van der Waals surface area contributed by atoms with Gasteiger partial charge in [-0.15, -0.1) is 11.3 Å². The van der Waals surface area contributed by atoms with Crippen molar-refractivity contribution < 1.29 is 9.59 Å². The van der Waals surface area contributed by atoms with Gasteiger partial charge in [0, 0.05) is 17.3 Å². The molecule has 6 nitrogen and oxygen atoms in total. The molecule has 2 rings (SSSR count). The van der Waals surface area contributed by atoms with Crippen LogP contribution in [0.15, 0.2) is 11.4 Å². The van der Waals surface area contributed by atoms with Crippen LogP contribution in [0.25, 0.3) is 10.2 Å². The number of imide groups is 1. The molecule has 0 saturated carbocycles. The molecule has 0 saturated heterocycles. The number of nitrogens with one attached hydrogen (secondary N) is 2. The van der Waals surface area contributed by atoms with E-state index in [0.29, 0.717) is 0 Å². The van der Waals surface area contributed by atoms with E-state index in [1.54, 1.807) is 11.3 Å². The Bertz CT molecular complexity index is 669. The third-order valence-corrected chi connectivity index (χ3v) is 4.86. The summed E-state index contributed by atoms with van der Waals surface area (Å²) in [6, 6.07) is -0.508. The maximum Gasteiger partial charge on any atom is 0.321 e. The Morgan fingerprint density at radius 1 is 1.35 bits per heavy atom. The van der Waals surface area contributed by atoms with Gasteiger partial charge >= 0.3 is 6.03 Å². The molecular weight excluding hydrogens is 296 g/mol. The first-order chi connectivity index (χ1) is 9.52. The lowest BCUT2D eigenvalue weighted by Crippen LogP contribution is -2.38. The third-order valence-electron chi connectivity index (χ3n) is 2.75. The van der Waals surface area contributed by atoms with Crippen molar-refractivity contribution in [2.24, 2.45) is 0 Å². The van der Waals surface area contributed by atoms with Gasteiger partial charge in [-0.05, 0) is 19.4 Å². The SMILES string of the molecule is CNC(=O)NC(=O)CSc1ncnc2sc(C)c(C)c12. The van der Waals surface area contributed by atoms with Crippen LogP contribution in [-0.4, -0.2) is 34.7 Å². The van der Waals surface area contributed by atoms with Crippen molar-refractivity contribution in [1.82, 2.24) is 20.6 Å². The van der Waals surface area contributed by atoms with Crippen LogP contribution in [0.4, 0.5) is 4.79 Å². The van der Waals surface area contributed by atoms with Crippen molar-refractivity contribution >= 4 is 45.3 Å². The summed E-state index contributed by atoms with van der Waals surface area (Å²) in [5, 5.41) is 6.31. The first-order valence-electron chi connectivity index (χ1n) is 5.88. The summed E-state index contributed by atoms with van der Waals surface area (Å²) in [4.78, 5) is 33.2. The fourth-order valence-corrected chi connectivity index (χ4v) is 3.54. The van der Waals surface area contributed by atoms with Crippen molar-refractivity contribution in [3.63, 3.8) is 0 Å². The van der Waals surface area contributed by atoms with Crippen LogP contribution < -0.4 is 10.6 Å². The quantitative estimate of drug-likeness (QED) is 0.668. The Hall–Kier alpha value is -1.67.